The molecule has 1 saturated heterocycles. The zero-order chi connectivity index (χ0) is 24.5. The number of para-hydroxylation sites is 1. The third kappa shape index (κ3) is 4.84. The van der Waals surface area contributed by atoms with E-state index in [1.165, 1.54) is 12.1 Å². The number of benzene rings is 2. The summed E-state index contributed by atoms with van der Waals surface area (Å²) >= 11 is 0. The number of hydrogen-bond acceptors (Lipinski definition) is 4. The largest absolute Gasteiger partial charge is 0.416 e. The van der Waals surface area contributed by atoms with Crippen LogP contribution >= 0.6 is 0 Å². The second kappa shape index (κ2) is 9.57. The van der Waals surface area contributed by atoms with E-state index in [0.29, 0.717) is 43.2 Å². The van der Waals surface area contributed by atoms with Crippen LogP contribution in [0.25, 0.3) is 0 Å². The Morgan fingerprint density at radius 3 is 2.65 bits per heavy atom. The Hall–Kier alpha value is -3.21. The lowest BCUT2D eigenvalue weighted by Crippen LogP contribution is -2.61. The topological polar surface area (TPSA) is 59.4 Å². The van der Waals surface area contributed by atoms with Gasteiger partial charge in [0.25, 0.3) is 0 Å². The minimum absolute atomic E-state index is 0.130. The zero-order valence-corrected chi connectivity index (χ0v) is 19.4. The molecule has 2 aromatic rings. The minimum atomic E-state index is -4.43. The molecule has 0 aliphatic carbocycles. The molecule has 2 atom stereocenters. The van der Waals surface area contributed by atoms with Gasteiger partial charge in [-0.1, -0.05) is 26.0 Å². The highest BCUT2D eigenvalue weighted by atomic mass is 19.4. The standard InChI is InChI=1S/C26H29F3N4O/c1-17(2)9-10-31-25(34)21-14-19-13-20(26(27,28)29)7-8-23(19)33-12-11-32(16-24(21)33)22-6-4-3-5-18(22)15-30/h3-8,13,17,21,24H,9-12,14,16H2,1-2H3,(H,31,34)/t21-,24-/m0/s1. The Morgan fingerprint density at radius 2 is 1.94 bits per heavy atom. The van der Waals surface area contributed by atoms with Crippen LogP contribution in [0.1, 0.15) is 37.0 Å². The summed E-state index contributed by atoms with van der Waals surface area (Å²) in [5.41, 5.74) is 2.02. The number of anilines is 2. The molecule has 2 aliphatic rings. The SMILES string of the molecule is CC(C)CCNC(=O)[C@H]1Cc2cc(C(F)(F)F)ccc2N2CCN(c3ccccc3C#N)C[C@@H]12. The first-order valence-corrected chi connectivity index (χ1v) is 11.7. The lowest BCUT2D eigenvalue weighted by molar-refractivity contribution is -0.137. The van der Waals surface area contributed by atoms with Crippen LogP contribution in [0, 0.1) is 23.2 Å². The fraction of sp³-hybridized carbons (Fsp3) is 0.462. The van der Waals surface area contributed by atoms with Crippen molar-refractivity contribution in [2.75, 3.05) is 36.0 Å². The number of fused-ring (bicyclic) bond motifs is 3. The van der Waals surface area contributed by atoms with Gasteiger partial charge in [-0.3, -0.25) is 4.79 Å². The molecule has 34 heavy (non-hydrogen) atoms. The molecule has 2 heterocycles. The third-order valence-corrected chi connectivity index (χ3v) is 6.76. The average molecular weight is 471 g/mol. The number of carbonyl (C=O) groups excluding carboxylic acids is 1. The highest BCUT2D eigenvalue weighted by molar-refractivity contribution is 5.82. The van der Waals surface area contributed by atoms with Gasteiger partial charge in [-0.15, -0.1) is 0 Å². The Kier molecular flexibility index (Phi) is 6.74. The molecule has 180 valence electrons. The molecule has 0 unspecified atom stereocenters. The molecule has 1 amide bonds. The Labute approximate surface area is 198 Å². The molecule has 0 radical (unpaired) electrons. The number of alkyl halides is 3. The summed E-state index contributed by atoms with van der Waals surface area (Å²) < 4.78 is 40.1. The van der Waals surface area contributed by atoms with Gasteiger partial charge in [0.05, 0.1) is 28.8 Å². The van der Waals surface area contributed by atoms with Crippen LogP contribution in [0.15, 0.2) is 42.5 Å². The summed E-state index contributed by atoms with van der Waals surface area (Å²) in [7, 11) is 0. The zero-order valence-electron chi connectivity index (χ0n) is 19.4. The highest BCUT2D eigenvalue weighted by Gasteiger charge is 2.43. The Morgan fingerprint density at radius 1 is 1.18 bits per heavy atom. The molecule has 0 bridgehead atoms. The highest BCUT2D eigenvalue weighted by Crippen LogP contribution is 2.40. The van der Waals surface area contributed by atoms with Gasteiger partial charge in [0.2, 0.25) is 5.91 Å². The maximum absolute atomic E-state index is 13.4. The van der Waals surface area contributed by atoms with Crippen molar-refractivity contribution in [1.29, 1.82) is 5.26 Å². The van der Waals surface area contributed by atoms with E-state index in [0.717, 1.165) is 23.9 Å². The smallest absolute Gasteiger partial charge is 0.367 e. The first kappa shape index (κ1) is 23.9. The van der Waals surface area contributed by atoms with Crippen molar-refractivity contribution in [2.45, 2.75) is 38.9 Å². The number of nitrogens with zero attached hydrogens (tertiary/aromatic N) is 3. The van der Waals surface area contributed by atoms with E-state index in [1.807, 2.05) is 18.2 Å². The van der Waals surface area contributed by atoms with Crippen molar-refractivity contribution in [3.8, 4) is 6.07 Å². The molecule has 0 aromatic heterocycles. The van der Waals surface area contributed by atoms with Crippen molar-refractivity contribution in [2.24, 2.45) is 11.8 Å². The van der Waals surface area contributed by atoms with E-state index >= 15 is 0 Å². The summed E-state index contributed by atoms with van der Waals surface area (Å²) in [5.74, 6) is -0.180. The molecule has 0 saturated carbocycles. The molecule has 0 spiro atoms. The number of halogens is 3. The molecular formula is C26H29F3N4O. The Balaban J connectivity index is 1.66. The first-order valence-electron chi connectivity index (χ1n) is 11.7. The lowest BCUT2D eigenvalue weighted by Gasteiger charge is -2.50. The van der Waals surface area contributed by atoms with Crippen LogP contribution in [-0.4, -0.2) is 38.1 Å². The van der Waals surface area contributed by atoms with Gasteiger partial charge in [-0.2, -0.15) is 18.4 Å². The molecule has 1 N–H and O–H groups in total. The van der Waals surface area contributed by atoms with E-state index in [2.05, 4.69) is 35.0 Å². The normalized spacial score (nSPS) is 19.9. The van der Waals surface area contributed by atoms with Gasteiger partial charge in [-0.05, 0) is 54.7 Å². The molecule has 1 fully saturated rings. The predicted molar refractivity (Wildman–Crippen MR) is 126 cm³/mol. The van der Waals surface area contributed by atoms with E-state index in [-0.39, 0.29) is 18.4 Å². The number of amides is 1. The van der Waals surface area contributed by atoms with Crippen LogP contribution in [-0.2, 0) is 17.4 Å². The number of piperazine rings is 1. The minimum Gasteiger partial charge on any atom is -0.367 e. The molecule has 2 aliphatic heterocycles. The van der Waals surface area contributed by atoms with Crippen molar-refractivity contribution in [1.82, 2.24) is 5.32 Å². The summed E-state index contributed by atoms with van der Waals surface area (Å²) in [5, 5.41) is 12.6. The molecule has 8 heteroatoms. The monoisotopic (exact) mass is 470 g/mol. The number of hydrogen-bond donors (Lipinski definition) is 1. The van der Waals surface area contributed by atoms with E-state index in [9.17, 15) is 23.2 Å². The second-order valence-corrected chi connectivity index (χ2v) is 9.46. The van der Waals surface area contributed by atoms with E-state index in [1.54, 1.807) is 6.07 Å². The van der Waals surface area contributed by atoms with Gasteiger partial charge < -0.3 is 15.1 Å². The van der Waals surface area contributed by atoms with E-state index in [4.69, 9.17) is 0 Å². The second-order valence-electron chi connectivity index (χ2n) is 9.46. The van der Waals surface area contributed by atoms with Gasteiger partial charge in [0, 0.05) is 31.9 Å². The summed E-state index contributed by atoms with van der Waals surface area (Å²) in [6, 6.07) is 13.3. The fourth-order valence-electron chi connectivity index (χ4n) is 4.98. The van der Waals surface area contributed by atoms with Crippen molar-refractivity contribution in [3.63, 3.8) is 0 Å². The van der Waals surface area contributed by atoms with Crippen molar-refractivity contribution < 1.29 is 18.0 Å². The van der Waals surface area contributed by atoms with E-state index < -0.39 is 17.7 Å². The van der Waals surface area contributed by atoms with Crippen molar-refractivity contribution >= 4 is 17.3 Å². The molecule has 4 rings (SSSR count). The Bertz CT molecular complexity index is 1090. The summed E-state index contributed by atoms with van der Waals surface area (Å²) in [4.78, 5) is 17.5. The third-order valence-electron chi connectivity index (χ3n) is 6.76. The van der Waals surface area contributed by atoms with Gasteiger partial charge in [-0.25, -0.2) is 0 Å². The predicted octanol–water partition coefficient (Wildman–Crippen LogP) is 4.61. The molecular weight excluding hydrogens is 441 g/mol. The number of carbonyl (C=O) groups is 1. The van der Waals surface area contributed by atoms with Gasteiger partial charge in [0.15, 0.2) is 0 Å². The van der Waals surface area contributed by atoms with Crippen LogP contribution in [0.4, 0.5) is 24.5 Å². The van der Waals surface area contributed by atoms with Gasteiger partial charge in [0.1, 0.15) is 6.07 Å². The lowest BCUT2D eigenvalue weighted by atomic mass is 9.82. The number of nitriles is 1. The van der Waals surface area contributed by atoms with Crippen LogP contribution in [0.3, 0.4) is 0 Å². The van der Waals surface area contributed by atoms with Crippen LogP contribution in [0.5, 0.6) is 0 Å². The molecule has 5 nitrogen and oxygen atoms in total. The first-order chi connectivity index (χ1) is 16.2. The summed E-state index contributed by atoms with van der Waals surface area (Å²) in [6.45, 7) is 6.37. The summed E-state index contributed by atoms with van der Waals surface area (Å²) in [6.07, 6.45) is -3.34. The quantitative estimate of drug-likeness (QED) is 0.694. The van der Waals surface area contributed by atoms with Gasteiger partial charge >= 0.3 is 6.18 Å². The maximum atomic E-state index is 13.4. The fourth-order valence-corrected chi connectivity index (χ4v) is 4.98. The average Bonchev–Trinajstić information content (AvgIpc) is 2.81. The van der Waals surface area contributed by atoms with Crippen LogP contribution < -0.4 is 15.1 Å². The number of nitrogens with one attached hydrogen (secondary N) is 1. The van der Waals surface area contributed by atoms with Crippen molar-refractivity contribution in [3.05, 3.63) is 59.2 Å². The molecule has 2 aromatic carbocycles. The maximum Gasteiger partial charge on any atom is 0.416 e. The number of rotatable bonds is 5. The van der Waals surface area contributed by atoms with Crippen LogP contribution in [0.2, 0.25) is 0 Å².